The Morgan fingerprint density at radius 3 is 3.05 bits per heavy atom. The van der Waals surface area contributed by atoms with Crippen molar-refractivity contribution in [2.45, 2.75) is 0 Å². The lowest BCUT2D eigenvalue weighted by Gasteiger charge is -2.08. The molecule has 2 heterocycles. The van der Waals surface area contributed by atoms with E-state index < -0.39 is 0 Å². The predicted octanol–water partition coefficient (Wildman–Crippen LogP) is 0.516. The number of nitrogens with two attached hydrogens (primary N) is 1. The molecule has 0 unspecified atom stereocenters. The number of fused-ring (bicyclic) bond motifs is 1. The number of hydrogen-bond acceptors (Lipinski definition) is 6. The van der Waals surface area contributed by atoms with Gasteiger partial charge in [0.05, 0.1) is 12.3 Å². The van der Waals surface area contributed by atoms with Crippen LogP contribution in [0.2, 0.25) is 0 Å². The van der Waals surface area contributed by atoms with Gasteiger partial charge in [0, 0.05) is 13.2 Å². The van der Waals surface area contributed by atoms with Gasteiger partial charge in [0.25, 0.3) is 0 Å². The second-order valence-electron chi connectivity index (χ2n) is 4.49. The zero-order valence-electron chi connectivity index (χ0n) is 11.9. The van der Waals surface area contributed by atoms with Crippen molar-refractivity contribution in [1.29, 1.82) is 0 Å². The van der Waals surface area contributed by atoms with Crippen LogP contribution in [-0.2, 0) is 4.74 Å². The minimum Gasteiger partial charge on any atom is -0.491 e. The van der Waals surface area contributed by atoms with Crippen molar-refractivity contribution in [1.82, 2.24) is 19.5 Å². The van der Waals surface area contributed by atoms with Crippen LogP contribution >= 0.6 is 0 Å². The molecule has 3 aromatic rings. The molecule has 0 amide bonds. The van der Waals surface area contributed by atoms with Gasteiger partial charge in [-0.25, -0.2) is 19.3 Å². The Labute approximate surface area is 125 Å². The number of aromatic amines is 1. The van der Waals surface area contributed by atoms with Gasteiger partial charge in [0.1, 0.15) is 24.2 Å². The lowest BCUT2D eigenvalue weighted by molar-refractivity contribution is 0.146. The number of nitrogens with one attached hydrogen (secondary N) is 1. The number of H-pyrrole nitrogens is 1. The van der Waals surface area contributed by atoms with E-state index >= 15 is 0 Å². The van der Waals surface area contributed by atoms with Gasteiger partial charge in [-0.05, 0) is 18.2 Å². The highest BCUT2D eigenvalue weighted by molar-refractivity contribution is 5.82. The third kappa shape index (κ3) is 2.51. The highest BCUT2D eigenvalue weighted by atomic mass is 16.5. The molecule has 0 saturated heterocycles. The maximum absolute atomic E-state index is 12.2. The summed E-state index contributed by atoms with van der Waals surface area (Å²) in [6.07, 6.45) is 1.31. The van der Waals surface area contributed by atoms with Gasteiger partial charge >= 0.3 is 5.69 Å². The highest BCUT2D eigenvalue weighted by Gasteiger charge is 2.13. The van der Waals surface area contributed by atoms with E-state index in [0.29, 0.717) is 35.8 Å². The lowest BCUT2D eigenvalue weighted by atomic mass is 10.3. The summed E-state index contributed by atoms with van der Waals surface area (Å²) in [5.41, 5.74) is 6.77. The van der Waals surface area contributed by atoms with Crippen molar-refractivity contribution in [2.75, 3.05) is 26.1 Å². The number of nitrogens with zero attached hydrogens (tertiary/aromatic N) is 3. The molecule has 3 N–H and O–H groups in total. The van der Waals surface area contributed by atoms with Gasteiger partial charge in [0.15, 0.2) is 11.5 Å². The van der Waals surface area contributed by atoms with Crippen LogP contribution in [0.15, 0.2) is 29.3 Å². The van der Waals surface area contributed by atoms with E-state index in [-0.39, 0.29) is 11.5 Å². The Bertz CT molecular complexity index is 855. The van der Waals surface area contributed by atoms with Crippen molar-refractivity contribution < 1.29 is 9.47 Å². The summed E-state index contributed by atoms with van der Waals surface area (Å²) < 4.78 is 11.8. The molecular weight excluding hydrogens is 286 g/mol. The van der Waals surface area contributed by atoms with Crippen LogP contribution in [0, 0.1) is 6.07 Å². The summed E-state index contributed by atoms with van der Waals surface area (Å²) in [4.78, 5) is 22.8. The lowest BCUT2D eigenvalue weighted by Crippen LogP contribution is -2.15. The van der Waals surface area contributed by atoms with Crippen molar-refractivity contribution in [3.05, 3.63) is 41.1 Å². The maximum Gasteiger partial charge on any atom is 0.332 e. The predicted molar refractivity (Wildman–Crippen MR) is 80.1 cm³/mol. The Morgan fingerprint density at radius 1 is 1.36 bits per heavy atom. The fraction of sp³-hybridized carbons (Fsp3) is 0.214. The molecule has 0 fully saturated rings. The number of rotatable bonds is 5. The van der Waals surface area contributed by atoms with Crippen LogP contribution in [0.5, 0.6) is 5.75 Å². The summed E-state index contributed by atoms with van der Waals surface area (Å²) in [6, 6.07) is 8.00. The van der Waals surface area contributed by atoms with E-state index in [1.54, 1.807) is 25.3 Å². The number of nitrogen functional groups attached to an aromatic ring is 1. The van der Waals surface area contributed by atoms with Gasteiger partial charge in [-0.3, -0.25) is 0 Å². The smallest absolute Gasteiger partial charge is 0.332 e. The minimum absolute atomic E-state index is 0.220. The fourth-order valence-corrected chi connectivity index (χ4v) is 2.07. The number of methoxy groups -OCH3 is 1. The molecule has 0 aliphatic carbocycles. The second-order valence-corrected chi connectivity index (χ2v) is 4.49. The number of benzene rings is 1. The first-order valence-electron chi connectivity index (χ1n) is 6.55. The van der Waals surface area contributed by atoms with Crippen molar-refractivity contribution in [3.63, 3.8) is 0 Å². The topological polar surface area (TPSA) is 108 Å². The first-order valence-corrected chi connectivity index (χ1v) is 6.55. The molecule has 0 bridgehead atoms. The summed E-state index contributed by atoms with van der Waals surface area (Å²) in [5, 5.41) is 0. The molecule has 0 aliphatic heterocycles. The molecule has 8 nitrogen and oxygen atoms in total. The van der Waals surface area contributed by atoms with Crippen LogP contribution in [0.4, 0.5) is 5.82 Å². The van der Waals surface area contributed by atoms with E-state index in [9.17, 15) is 4.79 Å². The Balaban J connectivity index is 2.04. The molecule has 3 rings (SSSR count). The number of ether oxygens (including phenoxy) is 2. The zero-order valence-corrected chi connectivity index (χ0v) is 11.9. The van der Waals surface area contributed by atoms with Gasteiger partial charge < -0.3 is 20.2 Å². The van der Waals surface area contributed by atoms with Crippen LogP contribution in [0.25, 0.3) is 16.9 Å². The molecular formula is C14H14N5O3. The van der Waals surface area contributed by atoms with Crippen LogP contribution < -0.4 is 16.2 Å². The second kappa shape index (κ2) is 5.86. The minimum atomic E-state index is -0.357. The summed E-state index contributed by atoms with van der Waals surface area (Å²) in [5.74, 6) is 0.801. The largest absolute Gasteiger partial charge is 0.491 e. The van der Waals surface area contributed by atoms with Crippen LogP contribution in [0.1, 0.15) is 0 Å². The number of imidazole rings is 1. The van der Waals surface area contributed by atoms with Crippen molar-refractivity contribution in [2.24, 2.45) is 0 Å². The molecule has 113 valence electrons. The molecule has 22 heavy (non-hydrogen) atoms. The monoisotopic (exact) mass is 300 g/mol. The third-order valence-corrected chi connectivity index (χ3v) is 3.06. The summed E-state index contributed by atoms with van der Waals surface area (Å²) >= 11 is 0. The highest BCUT2D eigenvalue weighted by Crippen LogP contribution is 2.19. The maximum atomic E-state index is 12.2. The third-order valence-electron chi connectivity index (χ3n) is 3.06. The molecule has 0 spiro atoms. The first kappa shape index (κ1) is 14.1. The number of hydrogen-bond donors (Lipinski definition) is 2. The van der Waals surface area contributed by atoms with E-state index in [0.717, 1.165) is 0 Å². The average Bonchev–Trinajstić information content (AvgIpc) is 2.85. The summed E-state index contributed by atoms with van der Waals surface area (Å²) in [6.45, 7) is 0.882. The van der Waals surface area contributed by atoms with Gasteiger partial charge in [-0.1, -0.05) is 0 Å². The Morgan fingerprint density at radius 2 is 2.23 bits per heavy atom. The summed E-state index contributed by atoms with van der Waals surface area (Å²) in [7, 11) is 1.60. The Hall–Kier alpha value is -2.87. The molecule has 8 heteroatoms. The number of anilines is 1. The normalized spacial score (nSPS) is 11.0. The van der Waals surface area contributed by atoms with E-state index in [1.165, 1.54) is 10.9 Å². The molecule has 0 saturated carbocycles. The average molecular weight is 300 g/mol. The SMILES string of the molecule is COCCOc1c[c]cc(-n2c(=O)[nH]c3c(N)ncnc32)c1. The van der Waals surface area contributed by atoms with Gasteiger partial charge in [-0.15, -0.1) is 0 Å². The molecule has 1 aromatic carbocycles. The fourth-order valence-electron chi connectivity index (χ4n) is 2.07. The molecule has 2 aromatic heterocycles. The van der Waals surface area contributed by atoms with Crippen molar-refractivity contribution in [3.8, 4) is 11.4 Å². The van der Waals surface area contributed by atoms with E-state index in [4.69, 9.17) is 15.2 Å². The van der Waals surface area contributed by atoms with Gasteiger partial charge in [0.2, 0.25) is 0 Å². The molecule has 0 aliphatic rings. The Kier molecular flexibility index (Phi) is 3.75. The van der Waals surface area contributed by atoms with E-state index in [2.05, 4.69) is 21.0 Å². The van der Waals surface area contributed by atoms with Gasteiger partial charge in [-0.2, -0.15) is 0 Å². The van der Waals surface area contributed by atoms with Crippen LogP contribution in [0.3, 0.4) is 0 Å². The zero-order chi connectivity index (χ0) is 15.5. The standard InChI is InChI=1S/C14H14N5O3/c1-21-5-6-22-10-4-2-3-9(7-10)19-13-11(18-14(19)20)12(15)16-8-17-13/h3-4,7-8H,5-6H2,1H3,(H,18,20)(H2,15,16,17). The van der Waals surface area contributed by atoms with Crippen molar-refractivity contribution >= 4 is 17.0 Å². The first-order chi connectivity index (χ1) is 10.7. The quantitative estimate of drug-likeness (QED) is 0.665. The van der Waals surface area contributed by atoms with E-state index in [1.807, 2.05) is 0 Å². The molecule has 1 radical (unpaired) electrons. The number of aromatic nitrogens is 4. The van der Waals surface area contributed by atoms with Crippen LogP contribution in [-0.4, -0.2) is 39.8 Å². The molecule has 0 atom stereocenters.